The highest BCUT2D eigenvalue weighted by Crippen LogP contribution is 2.40. The van der Waals surface area contributed by atoms with E-state index in [9.17, 15) is 27.6 Å². The van der Waals surface area contributed by atoms with Crippen LogP contribution in [-0.4, -0.2) is 84.6 Å². The number of anilines is 1. The van der Waals surface area contributed by atoms with Crippen LogP contribution < -0.4 is 15.8 Å². The molecule has 2 aromatic rings. The summed E-state index contributed by atoms with van der Waals surface area (Å²) in [5.41, 5.74) is 8.32. The number of aromatic nitrogens is 1. The molecule has 0 radical (unpaired) electrons. The number of methoxy groups -OCH3 is 1. The number of nitrogens with one attached hydrogen (secondary N) is 1. The lowest BCUT2D eigenvalue weighted by atomic mass is 9.93. The van der Waals surface area contributed by atoms with Crippen molar-refractivity contribution in [1.29, 1.82) is 0 Å². The van der Waals surface area contributed by atoms with Crippen LogP contribution in [0.5, 0.6) is 5.75 Å². The molecule has 14 heteroatoms. The van der Waals surface area contributed by atoms with Gasteiger partial charge < -0.3 is 20.1 Å². The smallest absolute Gasteiger partial charge is 0.411 e. The number of carbonyl (C=O) groups excluding carboxylic acids is 4. The summed E-state index contributed by atoms with van der Waals surface area (Å²) in [6, 6.07) is 7.68. The van der Waals surface area contributed by atoms with Crippen molar-refractivity contribution in [2.24, 2.45) is 17.6 Å². The van der Waals surface area contributed by atoms with E-state index in [-0.39, 0.29) is 25.2 Å². The van der Waals surface area contributed by atoms with Gasteiger partial charge in [0.05, 0.1) is 35.6 Å². The molecular formula is C35H45N5O8S. The van der Waals surface area contributed by atoms with Crippen LogP contribution in [0.3, 0.4) is 0 Å². The largest absolute Gasteiger partial charge is 0.497 e. The summed E-state index contributed by atoms with van der Waals surface area (Å²) in [6.07, 6.45) is 7.22. The van der Waals surface area contributed by atoms with E-state index in [2.05, 4.69) is 10.3 Å². The second kappa shape index (κ2) is 15.4. The first-order valence-corrected chi connectivity index (χ1v) is 18.4. The molecule has 1 aliphatic heterocycles. The molecule has 3 N–H and O–H groups in total. The summed E-state index contributed by atoms with van der Waals surface area (Å²) in [5, 5.41) is 0.649. The average Bonchev–Trinajstić information content (AvgIpc) is 3.85. The van der Waals surface area contributed by atoms with Crippen LogP contribution in [0.25, 0.3) is 11.3 Å². The molecule has 3 aliphatic rings. The predicted octanol–water partition coefficient (Wildman–Crippen LogP) is 4.80. The normalized spacial score (nSPS) is 24.1. The minimum absolute atomic E-state index is 0.00368. The lowest BCUT2D eigenvalue weighted by Crippen LogP contribution is -2.54. The number of benzene rings is 1. The summed E-state index contributed by atoms with van der Waals surface area (Å²) in [5.74, 6) is -2.80. The van der Waals surface area contributed by atoms with Gasteiger partial charge in [0.25, 0.3) is 0 Å². The quantitative estimate of drug-likeness (QED) is 0.402. The van der Waals surface area contributed by atoms with Gasteiger partial charge in [0.15, 0.2) is 9.84 Å². The standard InChI is InChI=1S/C35H45N5O8S/c1-22-11-16-29(37-21-22)26-15-12-23(47-3)20-30(26)38-35(44)48-24-18-27-28(19-24)33(42)40(34(36)43)31(49(45,46)25-13-14-25)10-8-6-4-5-7-9-17-39(2)32(27)41/h4,6,11-12,15-16,20-21,24-25,27-28,31H,5,7-10,13-14,17-19H2,1-3H3,(H2,36,43)(H,38,44). The SMILES string of the molecule is COc1ccc(-c2ccc(C)cn2)c(NC(=O)OC2CC3C(=O)N(C)CCCCC=CCCC(S(=O)(=O)C4CC4)N(C(N)=O)C(=O)C3C2)c1. The molecule has 1 aromatic carbocycles. The molecule has 4 unspecified atom stereocenters. The lowest BCUT2D eigenvalue weighted by Gasteiger charge is -2.32. The number of pyridine rings is 1. The molecule has 2 aliphatic carbocycles. The first kappa shape index (κ1) is 35.8. The van der Waals surface area contributed by atoms with Crippen LogP contribution in [0.1, 0.15) is 63.4 Å². The van der Waals surface area contributed by atoms with Gasteiger partial charge in [-0.05, 0) is 88.5 Å². The fourth-order valence-corrected chi connectivity index (χ4v) is 8.84. The van der Waals surface area contributed by atoms with E-state index in [1.54, 1.807) is 36.3 Å². The van der Waals surface area contributed by atoms with Gasteiger partial charge in [-0.15, -0.1) is 0 Å². The summed E-state index contributed by atoms with van der Waals surface area (Å²) in [7, 11) is -0.768. The van der Waals surface area contributed by atoms with Crippen LogP contribution in [0.15, 0.2) is 48.7 Å². The molecule has 5 amide bonds. The summed E-state index contributed by atoms with van der Waals surface area (Å²) in [6.45, 7) is 2.36. The number of carbonyl (C=O) groups is 4. The first-order chi connectivity index (χ1) is 23.4. The summed E-state index contributed by atoms with van der Waals surface area (Å²) >= 11 is 0. The molecule has 264 valence electrons. The van der Waals surface area contributed by atoms with Crippen LogP contribution in [0, 0.1) is 18.8 Å². The van der Waals surface area contributed by atoms with Gasteiger partial charge in [-0.3, -0.25) is 19.9 Å². The molecule has 5 rings (SSSR count). The number of allylic oxidation sites excluding steroid dienone is 2. The van der Waals surface area contributed by atoms with Crippen LogP contribution in [0.4, 0.5) is 15.3 Å². The van der Waals surface area contributed by atoms with E-state index < -0.39 is 56.4 Å². The molecule has 1 aromatic heterocycles. The lowest BCUT2D eigenvalue weighted by molar-refractivity contribution is -0.143. The number of aryl methyl sites for hydroxylation is 1. The van der Waals surface area contributed by atoms with Gasteiger partial charge >= 0.3 is 12.1 Å². The number of primary amides is 1. The van der Waals surface area contributed by atoms with Crippen molar-refractivity contribution < 1.29 is 37.1 Å². The second-order valence-electron chi connectivity index (χ2n) is 13.1. The Bertz CT molecular complexity index is 1690. The van der Waals surface area contributed by atoms with E-state index in [1.807, 2.05) is 31.2 Å². The zero-order chi connectivity index (χ0) is 35.3. The molecule has 0 spiro atoms. The first-order valence-electron chi connectivity index (χ1n) is 16.7. The summed E-state index contributed by atoms with van der Waals surface area (Å²) < 4.78 is 38.4. The molecule has 13 nitrogen and oxygen atoms in total. The van der Waals surface area contributed by atoms with Crippen molar-refractivity contribution in [2.75, 3.05) is 26.0 Å². The Labute approximate surface area is 287 Å². The second-order valence-corrected chi connectivity index (χ2v) is 15.5. The van der Waals surface area contributed by atoms with Crippen molar-refractivity contribution in [3.8, 4) is 17.0 Å². The third-order valence-electron chi connectivity index (χ3n) is 9.45. The van der Waals surface area contributed by atoms with Gasteiger partial charge in [-0.25, -0.2) is 22.9 Å². The number of amides is 5. The third kappa shape index (κ3) is 8.41. The van der Waals surface area contributed by atoms with Gasteiger partial charge in [-0.2, -0.15) is 0 Å². The van der Waals surface area contributed by atoms with Crippen molar-refractivity contribution in [3.63, 3.8) is 0 Å². The van der Waals surface area contributed by atoms with E-state index in [0.717, 1.165) is 24.8 Å². The number of fused-ring (bicyclic) bond motifs is 1. The van der Waals surface area contributed by atoms with Crippen molar-refractivity contribution in [2.45, 2.75) is 81.4 Å². The highest BCUT2D eigenvalue weighted by molar-refractivity contribution is 7.92. The Hall–Kier alpha value is -4.46. The molecule has 4 atom stereocenters. The maximum atomic E-state index is 14.3. The Morgan fingerprint density at radius 1 is 0.980 bits per heavy atom. The topological polar surface area (TPSA) is 178 Å². The number of rotatable bonds is 6. The number of nitrogens with zero attached hydrogens (tertiary/aromatic N) is 3. The number of nitrogens with two attached hydrogens (primary N) is 1. The Kier molecular flexibility index (Phi) is 11.3. The number of sulfone groups is 1. The van der Waals surface area contributed by atoms with Gasteiger partial charge in [0.1, 0.15) is 17.2 Å². The minimum Gasteiger partial charge on any atom is -0.497 e. The highest BCUT2D eigenvalue weighted by Gasteiger charge is 2.52. The average molecular weight is 696 g/mol. The van der Waals surface area contributed by atoms with E-state index >= 15 is 0 Å². The van der Waals surface area contributed by atoms with Crippen molar-refractivity contribution in [1.82, 2.24) is 14.8 Å². The van der Waals surface area contributed by atoms with Crippen LogP contribution >= 0.6 is 0 Å². The molecule has 2 saturated carbocycles. The molecule has 0 saturated heterocycles. The fraction of sp³-hybridized carbons (Fsp3) is 0.514. The number of hydrogen-bond donors (Lipinski definition) is 2. The Balaban J connectivity index is 1.42. The number of urea groups is 1. The maximum Gasteiger partial charge on any atom is 0.411 e. The Morgan fingerprint density at radius 3 is 2.35 bits per heavy atom. The molecule has 0 bridgehead atoms. The zero-order valence-electron chi connectivity index (χ0n) is 28.2. The predicted molar refractivity (Wildman–Crippen MR) is 183 cm³/mol. The van der Waals surface area contributed by atoms with Crippen LogP contribution in [0.2, 0.25) is 0 Å². The van der Waals surface area contributed by atoms with Crippen molar-refractivity contribution in [3.05, 3.63) is 54.2 Å². The molecule has 2 heterocycles. The van der Waals surface area contributed by atoms with Gasteiger partial charge in [0.2, 0.25) is 11.8 Å². The molecule has 2 fully saturated rings. The van der Waals surface area contributed by atoms with E-state index in [0.29, 0.717) is 53.4 Å². The summed E-state index contributed by atoms with van der Waals surface area (Å²) in [4.78, 5) is 61.1. The third-order valence-corrected chi connectivity index (χ3v) is 12.1. The number of ether oxygens (including phenoxy) is 2. The van der Waals surface area contributed by atoms with E-state index in [1.165, 1.54) is 7.11 Å². The van der Waals surface area contributed by atoms with Gasteiger partial charge in [0, 0.05) is 31.4 Å². The molecule has 49 heavy (non-hydrogen) atoms. The Morgan fingerprint density at radius 2 is 1.69 bits per heavy atom. The highest BCUT2D eigenvalue weighted by atomic mass is 32.2. The maximum absolute atomic E-state index is 14.3. The van der Waals surface area contributed by atoms with E-state index in [4.69, 9.17) is 15.2 Å². The van der Waals surface area contributed by atoms with Gasteiger partial charge in [-0.1, -0.05) is 18.2 Å². The minimum atomic E-state index is -3.92. The zero-order valence-corrected chi connectivity index (χ0v) is 29.0. The van der Waals surface area contributed by atoms with Crippen molar-refractivity contribution >= 4 is 39.5 Å². The monoisotopic (exact) mass is 695 g/mol. The molecular weight excluding hydrogens is 650 g/mol. The number of imide groups is 1. The number of hydrogen-bond acceptors (Lipinski definition) is 9. The fourth-order valence-electron chi connectivity index (χ4n) is 6.64. The van der Waals surface area contributed by atoms with Crippen LogP contribution in [-0.2, 0) is 24.2 Å².